The van der Waals surface area contributed by atoms with Crippen molar-refractivity contribution in [2.24, 2.45) is 0 Å². The number of esters is 1. The van der Waals surface area contributed by atoms with Crippen LogP contribution < -0.4 is 5.32 Å². The standard InChI is InChI=1S/C23H39N2O11P/c1-5-16-12-19(35-23(31)11-10-22(29)30)14-25(16)21(28)15-34-37(32,33-4)36-18(9-8-17(26)6-2)13-24-20(27)7-3/h16,18-19H,5-15H2,1-4H3,(H,24,27)(H,29,30)/t16-,18?,19-,37?/m1/s1. The van der Waals surface area contributed by atoms with Crippen molar-refractivity contribution in [2.75, 3.05) is 26.8 Å². The second kappa shape index (κ2) is 16.5. The monoisotopic (exact) mass is 550 g/mol. The number of amides is 2. The van der Waals surface area contributed by atoms with Crippen LogP contribution in [0.3, 0.4) is 0 Å². The number of phosphoric acid groups is 1. The van der Waals surface area contributed by atoms with Gasteiger partial charge in [0.2, 0.25) is 11.8 Å². The number of carboxylic acids is 1. The van der Waals surface area contributed by atoms with Crippen molar-refractivity contribution in [3.8, 4) is 0 Å². The second-order valence-corrected chi connectivity index (χ2v) is 10.3. The molecule has 0 aromatic heterocycles. The topological polar surface area (TPSA) is 175 Å². The van der Waals surface area contributed by atoms with E-state index in [2.05, 4.69) is 5.32 Å². The number of ketones is 1. The van der Waals surface area contributed by atoms with E-state index in [9.17, 15) is 28.5 Å². The number of hydrogen-bond acceptors (Lipinski definition) is 10. The Kier molecular flexibility index (Phi) is 14.6. The molecule has 0 aliphatic carbocycles. The number of nitrogens with one attached hydrogen (secondary N) is 1. The third kappa shape index (κ3) is 12.2. The first-order valence-electron chi connectivity index (χ1n) is 12.4. The van der Waals surface area contributed by atoms with Crippen molar-refractivity contribution in [2.45, 2.75) is 90.4 Å². The summed E-state index contributed by atoms with van der Waals surface area (Å²) in [6.07, 6.45) is -0.241. The Balaban J connectivity index is 2.75. The van der Waals surface area contributed by atoms with Gasteiger partial charge in [-0.3, -0.25) is 37.5 Å². The molecule has 1 heterocycles. The van der Waals surface area contributed by atoms with Gasteiger partial charge in [0.05, 0.1) is 25.5 Å². The quantitative estimate of drug-likeness (QED) is 0.189. The van der Waals surface area contributed by atoms with Crippen LogP contribution in [0.1, 0.15) is 72.1 Å². The van der Waals surface area contributed by atoms with Crippen LogP contribution in [0.2, 0.25) is 0 Å². The highest BCUT2D eigenvalue weighted by molar-refractivity contribution is 7.48. The summed E-state index contributed by atoms with van der Waals surface area (Å²) in [5, 5.41) is 11.3. The lowest BCUT2D eigenvalue weighted by atomic mass is 10.1. The van der Waals surface area contributed by atoms with E-state index in [0.717, 1.165) is 7.11 Å². The van der Waals surface area contributed by atoms with Crippen LogP contribution >= 0.6 is 7.82 Å². The van der Waals surface area contributed by atoms with Crippen LogP contribution in [0, 0.1) is 0 Å². The molecule has 0 bridgehead atoms. The van der Waals surface area contributed by atoms with Crippen LogP contribution in [-0.2, 0) is 46.8 Å². The van der Waals surface area contributed by atoms with Gasteiger partial charge < -0.3 is 20.1 Å². The summed E-state index contributed by atoms with van der Waals surface area (Å²) in [4.78, 5) is 60.2. The molecule has 37 heavy (non-hydrogen) atoms. The summed E-state index contributed by atoms with van der Waals surface area (Å²) in [6.45, 7) is 4.68. The van der Waals surface area contributed by atoms with Crippen molar-refractivity contribution >= 4 is 37.4 Å². The average molecular weight is 551 g/mol. The van der Waals surface area contributed by atoms with Gasteiger partial charge in [-0.15, -0.1) is 0 Å². The molecule has 0 saturated carbocycles. The van der Waals surface area contributed by atoms with Crippen molar-refractivity contribution in [3.05, 3.63) is 0 Å². The van der Waals surface area contributed by atoms with E-state index in [-0.39, 0.29) is 62.9 Å². The molecule has 1 aliphatic heterocycles. The lowest BCUT2D eigenvalue weighted by Gasteiger charge is -2.26. The first-order chi connectivity index (χ1) is 17.5. The first-order valence-corrected chi connectivity index (χ1v) is 13.9. The maximum Gasteiger partial charge on any atom is 0.475 e. The molecule has 2 N–H and O–H groups in total. The normalized spacial score (nSPS) is 19.6. The molecule has 1 aliphatic rings. The molecule has 0 aromatic rings. The smallest absolute Gasteiger partial charge is 0.475 e. The zero-order valence-electron chi connectivity index (χ0n) is 21.9. The lowest BCUT2D eigenvalue weighted by Crippen LogP contribution is -2.38. The SMILES string of the molecule is CCC(=O)CCC(CNC(=O)CC)OP(=O)(OC)OCC(=O)N1C[C@H](OC(=O)CCC(=O)O)C[C@H]1CC. The number of carbonyl (C=O) groups is 5. The fourth-order valence-electron chi connectivity index (χ4n) is 3.67. The lowest BCUT2D eigenvalue weighted by molar-refractivity contribution is -0.152. The first kappa shape index (κ1) is 32.7. The molecule has 2 unspecified atom stereocenters. The minimum atomic E-state index is -4.22. The third-order valence-electron chi connectivity index (χ3n) is 5.84. The Morgan fingerprint density at radius 2 is 1.78 bits per heavy atom. The molecule has 13 nitrogen and oxygen atoms in total. The molecule has 212 valence electrons. The highest BCUT2D eigenvalue weighted by atomic mass is 31.2. The maximum atomic E-state index is 13.1. The van der Waals surface area contributed by atoms with E-state index in [1.54, 1.807) is 13.8 Å². The van der Waals surface area contributed by atoms with Gasteiger partial charge in [-0.05, 0) is 12.8 Å². The maximum absolute atomic E-state index is 13.1. The largest absolute Gasteiger partial charge is 0.481 e. The van der Waals surface area contributed by atoms with E-state index in [1.165, 1.54) is 4.90 Å². The number of likely N-dealkylation sites (tertiary alicyclic amines) is 1. The highest BCUT2D eigenvalue weighted by Crippen LogP contribution is 2.50. The Hall–Kier alpha value is -2.34. The van der Waals surface area contributed by atoms with E-state index < -0.39 is 44.5 Å². The molecule has 0 radical (unpaired) electrons. The minimum absolute atomic E-state index is 0.0206. The molecule has 1 rings (SSSR count). The Morgan fingerprint density at radius 3 is 2.35 bits per heavy atom. The number of rotatable bonds is 18. The zero-order chi connectivity index (χ0) is 28.0. The molecule has 2 amide bonds. The number of carboxylic acid groups (broad SMARTS) is 1. The number of hydrogen-bond donors (Lipinski definition) is 2. The number of aliphatic carboxylic acids is 1. The summed E-state index contributed by atoms with van der Waals surface area (Å²) in [7, 11) is -3.12. The molecule has 14 heteroatoms. The van der Waals surface area contributed by atoms with Crippen molar-refractivity contribution in [1.29, 1.82) is 0 Å². The van der Waals surface area contributed by atoms with Gasteiger partial charge in [-0.1, -0.05) is 20.8 Å². The second-order valence-electron chi connectivity index (χ2n) is 8.57. The predicted molar refractivity (Wildman–Crippen MR) is 130 cm³/mol. The van der Waals surface area contributed by atoms with Crippen molar-refractivity contribution in [3.63, 3.8) is 0 Å². The van der Waals surface area contributed by atoms with Crippen LogP contribution in [0.15, 0.2) is 0 Å². The number of nitrogens with zero attached hydrogens (tertiary/aromatic N) is 1. The Bertz CT molecular complexity index is 831. The molecular weight excluding hydrogens is 511 g/mol. The van der Waals surface area contributed by atoms with Gasteiger partial charge in [-0.25, -0.2) is 4.57 Å². The molecular formula is C23H39N2O11P. The van der Waals surface area contributed by atoms with Crippen LogP contribution in [-0.4, -0.2) is 84.6 Å². The zero-order valence-corrected chi connectivity index (χ0v) is 22.8. The van der Waals surface area contributed by atoms with Gasteiger partial charge in [0.15, 0.2) is 0 Å². The summed E-state index contributed by atoms with van der Waals surface area (Å²) in [5.74, 6) is -2.57. The summed E-state index contributed by atoms with van der Waals surface area (Å²) in [5.41, 5.74) is 0. The van der Waals surface area contributed by atoms with Crippen LogP contribution in [0.5, 0.6) is 0 Å². The fourth-order valence-corrected chi connectivity index (χ4v) is 4.74. The predicted octanol–water partition coefficient (Wildman–Crippen LogP) is 2.22. The minimum Gasteiger partial charge on any atom is -0.481 e. The molecule has 1 saturated heterocycles. The Morgan fingerprint density at radius 1 is 1.08 bits per heavy atom. The summed E-state index contributed by atoms with van der Waals surface area (Å²) >= 11 is 0. The number of Topliss-reactive ketones (excluding diaryl/α,β-unsaturated/α-hetero) is 1. The average Bonchev–Trinajstić information content (AvgIpc) is 3.29. The van der Waals surface area contributed by atoms with Gasteiger partial charge in [-0.2, -0.15) is 0 Å². The summed E-state index contributed by atoms with van der Waals surface area (Å²) < 4.78 is 34.1. The van der Waals surface area contributed by atoms with E-state index in [0.29, 0.717) is 19.3 Å². The van der Waals surface area contributed by atoms with Gasteiger partial charge in [0.1, 0.15) is 18.5 Å². The van der Waals surface area contributed by atoms with Gasteiger partial charge in [0, 0.05) is 45.4 Å². The van der Waals surface area contributed by atoms with E-state index in [1.807, 2.05) is 6.92 Å². The van der Waals surface area contributed by atoms with E-state index >= 15 is 0 Å². The molecule has 1 fully saturated rings. The fraction of sp³-hybridized carbons (Fsp3) is 0.783. The molecule has 0 aromatic carbocycles. The number of ether oxygens (including phenoxy) is 1. The summed E-state index contributed by atoms with van der Waals surface area (Å²) in [6, 6.07) is -0.256. The van der Waals surface area contributed by atoms with Crippen LogP contribution in [0.25, 0.3) is 0 Å². The third-order valence-corrected chi connectivity index (χ3v) is 7.29. The van der Waals surface area contributed by atoms with Crippen molar-refractivity contribution in [1.82, 2.24) is 10.2 Å². The van der Waals surface area contributed by atoms with Gasteiger partial charge in [0.25, 0.3) is 0 Å². The molecule has 0 spiro atoms. The Labute approximate surface area is 217 Å². The molecule has 4 atom stereocenters. The van der Waals surface area contributed by atoms with Gasteiger partial charge >= 0.3 is 19.8 Å². The highest BCUT2D eigenvalue weighted by Gasteiger charge is 2.38. The number of phosphoric ester groups is 1. The van der Waals surface area contributed by atoms with Crippen LogP contribution in [0.4, 0.5) is 0 Å². The number of carbonyl (C=O) groups excluding carboxylic acids is 4. The van der Waals surface area contributed by atoms with E-state index in [4.69, 9.17) is 23.4 Å². The van der Waals surface area contributed by atoms with Crippen molar-refractivity contribution < 1.29 is 52.0 Å².